The molecule has 0 nitrogen and oxygen atoms in total. The van der Waals surface area contributed by atoms with E-state index in [9.17, 15) is 0 Å². The van der Waals surface area contributed by atoms with Crippen molar-refractivity contribution in [3.05, 3.63) is 23.8 Å². The Balaban J connectivity index is 1.95. The maximum atomic E-state index is 2.52. The summed E-state index contributed by atoms with van der Waals surface area (Å²) in [5, 5.41) is 0. The first-order valence-corrected chi connectivity index (χ1v) is 5.27. The van der Waals surface area contributed by atoms with Crippen molar-refractivity contribution in [1.82, 2.24) is 0 Å². The van der Waals surface area contributed by atoms with Crippen LogP contribution in [0.25, 0.3) is 0 Å². The molecular weight excluding hydrogens is 144 g/mol. The molecule has 0 amide bonds. The lowest BCUT2D eigenvalue weighted by Crippen LogP contribution is -2.15. The highest BCUT2D eigenvalue weighted by atomic mass is 14.5. The fourth-order valence-electron chi connectivity index (χ4n) is 3.60. The fraction of sp³-hybridized carbons (Fsp3) is 0.667. The molecule has 64 valence electrons. The lowest BCUT2D eigenvalue weighted by molar-refractivity contribution is 0.381. The molecule has 0 saturated heterocycles. The second-order valence-electron chi connectivity index (χ2n) is 4.51. The molecule has 4 atom stereocenters. The highest BCUT2D eigenvalue weighted by molar-refractivity contribution is 5.27. The van der Waals surface area contributed by atoms with Crippen LogP contribution in [-0.4, -0.2) is 0 Å². The summed E-state index contributed by atoms with van der Waals surface area (Å²) in [4.78, 5) is 0. The van der Waals surface area contributed by atoms with Gasteiger partial charge in [0.25, 0.3) is 0 Å². The molecule has 1 fully saturated rings. The van der Waals surface area contributed by atoms with Crippen molar-refractivity contribution in [2.24, 2.45) is 23.7 Å². The van der Waals surface area contributed by atoms with E-state index in [4.69, 9.17) is 0 Å². The summed E-state index contributed by atoms with van der Waals surface area (Å²) >= 11 is 0. The molecule has 0 N–H and O–H groups in total. The maximum Gasteiger partial charge on any atom is -0.0103 e. The van der Waals surface area contributed by atoms with Crippen molar-refractivity contribution < 1.29 is 0 Å². The zero-order chi connectivity index (χ0) is 8.13. The fourth-order valence-corrected chi connectivity index (χ4v) is 3.60. The van der Waals surface area contributed by atoms with E-state index in [1.165, 1.54) is 19.3 Å². The van der Waals surface area contributed by atoms with Crippen LogP contribution in [0, 0.1) is 23.7 Å². The summed E-state index contributed by atoms with van der Waals surface area (Å²) in [6.07, 6.45) is 11.6. The summed E-state index contributed by atoms with van der Waals surface area (Å²) in [5.41, 5.74) is 1.76. The Labute approximate surface area is 74.4 Å². The van der Waals surface area contributed by atoms with Crippen LogP contribution in [0.4, 0.5) is 0 Å². The SMILES string of the molecule is CCC1=CCC2C3C=CC(C3)C12. The molecule has 3 rings (SSSR count). The van der Waals surface area contributed by atoms with Gasteiger partial charge in [0.15, 0.2) is 0 Å². The van der Waals surface area contributed by atoms with Crippen LogP contribution < -0.4 is 0 Å². The Morgan fingerprint density at radius 2 is 2.17 bits per heavy atom. The smallest absolute Gasteiger partial charge is 0.0103 e. The van der Waals surface area contributed by atoms with Gasteiger partial charge in [0.2, 0.25) is 0 Å². The first kappa shape index (κ1) is 6.94. The minimum atomic E-state index is 0.925. The lowest BCUT2D eigenvalue weighted by atomic mass is 9.82. The molecule has 3 aliphatic carbocycles. The van der Waals surface area contributed by atoms with E-state index in [0.29, 0.717) is 0 Å². The van der Waals surface area contributed by atoms with Gasteiger partial charge in [-0.25, -0.2) is 0 Å². The van der Waals surface area contributed by atoms with Gasteiger partial charge >= 0.3 is 0 Å². The van der Waals surface area contributed by atoms with Crippen LogP contribution in [0.5, 0.6) is 0 Å². The van der Waals surface area contributed by atoms with Crippen molar-refractivity contribution in [1.29, 1.82) is 0 Å². The molecule has 0 aliphatic heterocycles. The van der Waals surface area contributed by atoms with Crippen molar-refractivity contribution in [2.45, 2.75) is 26.2 Å². The molecule has 0 spiro atoms. The third-order valence-electron chi connectivity index (χ3n) is 4.11. The van der Waals surface area contributed by atoms with Crippen molar-refractivity contribution in [2.75, 3.05) is 0 Å². The minimum Gasteiger partial charge on any atom is -0.0848 e. The van der Waals surface area contributed by atoms with E-state index in [0.717, 1.165) is 23.7 Å². The summed E-state index contributed by atoms with van der Waals surface area (Å²) in [6.45, 7) is 2.31. The van der Waals surface area contributed by atoms with Gasteiger partial charge in [-0.3, -0.25) is 0 Å². The number of rotatable bonds is 1. The van der Waals surface area contributed by atoms with Crippen LogP contribution in [0.1, 0.15) is 26.2 Å². The second kappa shape index (κ2) is 2.25. The molecule has 0 aromatic heterocycles. The van der Waals surface area contributed by atoms with Gasteiger partial charge in [-0.15, -0.1) is 0 Å². The van der Waals surface area contributed by atoms with Gasteiger partial charge in [0.1, 0.15) is 0 Å². The molecular formula is C12H16. The van der Waals surface area contributed by atoms with E-state index in [1.807, 2.05) is 0 Å². The third-order valence-corrected chi connectivity index (χ3v) is 4.11. The molecule has 1 saturated carbocycles. The largest absolute Gasteiger partial charge is 0.0848 e. The van der Waals surface area contributed by atoms with Crippen molar-refractivity contribution >= 4 is 0 Å². The normalized spacial score (nSPS) is 48.2. The zero-order valence-electron chi connectivity index (χ0n) is 7.66. The van der Waals surface area contributed by atoms with E-state index in [-0.39, 0.29) is 0 Å². The highest BCUT2D eigenvalue weighted by Gasteiger charge is 2.47. The molecule has 0 aromatic rings. The molecule has 4 unspecified atom stereocenters. The summed E-state index contributed by atoms with van der Waals surface area (Å²) < 4.78 is 0. The van der Waals surface area contributed by atoms with Crippen LogP contribution in [0.15, 0.2) is 23.8 Å². The standard InChI is InChI=1S/C12H16/c1-2-8-5-6-11-9-3-4-10(7-9)12(8)11/h3-5,9-12H,2,6-7H2,1H3. The number of hydrogen-bond acceptors (Lipinski definition) is 0. The van der Waals surface area contributed by atoms with E-state index in [2.05, 4.69) is 25.2 Å². The Morgan fingerprint density at radius 1 is 1.33 bits per heavy atom. The number of fused-ring (bicyclic) bond motifs is 5. The van der Waals surface area contributed by atoms with Crippen molar-refractivity contribution in [3.8, 4) is 0 Å². The Bertz CT molecular complexity index is 259. The maximum absolute atomic E-state index is 2.52. The molecule has 0 heterocycles. The average Bonchev–Trinajstić information content (AvgIpc) is 2.76. The molecule has 3 aliphatic rings. The Hall–Kier alpha value is -0.520. The van der Waals surface area contributed by atoms with Gasteiger partial charge in [-0.1, -0.05) is 30.7 Å². The molecule has 0 aromatic carbocycles. The average molecular weight is 160 g/mol. The van der Waals surface area contributed by atoms with Gasteiger partial charge < -0.3 is 0 Å². The quantitative estimate of drug-likeness (QED) is 0.517. The Kier molecular flexibility index (Phi) is 1.30. The predicted molar refractivity (Wildman–Crippen MR) is 50.7 cm³/mol. The van der Waals surface area contributed by atoms with Gasteiger partial charge in [-0.2, -0.15) is 0 Å². The Morgan fingerprint density at radius 3 is 3.00 bits per heavy atom. The zero-order valence-corrected chi connectivity index (χ0v) is 7.66. The van der Waals surface area contributed by atoms with Crippen LogP contribution in [-0.2, 0) is 0 Å². The van der Waals surface area contributed by atoms with E-state index < -0.39 is 0 Å². The molecule has 0 radical (unpaired) electrons. The summed E-state index contributed by atoms with van der Waals surface area (Å²) in [6, 6.07) is 0. The molecule has 2 bridgehead atoms. The lowest BCUT2D eigenvalue weighted by Gasteiger charge is -2.23. The number of hydrogen-bond donors (Lipinski definition) is 0. The van der Waals surface area contributed by atoms with Crippen LogP contribution >= 0.6 is 0 Å². The first-order valence-electron chi connectivity index (χ1n) is 5.27. The minimum absolute atomic E-state index is 0.925. The topological polar surface area (TPSA) is 0 Å². The third kappa shape index (κ3) is 0.688. The monoisotopic (exact) mass is 160 g/mol. The second-order valence-corrected chi connectivity index (χ2v) is 4.51. The van der Waals surface area contributed by atoms with Crippen LogP contribution in [0.3, 0.4) is 0 Å². The van der Waals surface area contributed by atoms with Crippen molar-refractivity contribution in [3.63, 3.8) is 0 Å². The van der Waals surface area contributed by atoms with Gasteiger partial charge in [0.05, 0.1) is 0 Å². The van der Waals surface area contributed by atoms with Gasteiger partial charge in [0, 0.05) is 0 Å². The van der Waals surface area contributed by atoms with E-state index in [1.54, 1.807) is 5.57 Å². The highest BCUT2D eigenvalue weighted by Crippen LogP contribution is 2.55. The van der Waals surface area contributed by atoms with Gasteiger partial charge in [-0.05, 0) is 42.9 Å². The van der Waals surface area contributed by atoms with E-state index >= 15 is 0 Å². The summed E-state index contributed by atoms with van der Waals surface area (Å²) in [5.74, 6) is 3.84. The van der Waals surface area contributed by atoms with Crippen LogP contribution in [0.2, 0.25) is 0 Å². The first-order chi connectivity index (χ1) is 5.90. The predicted octanol–water partition coefficient (Wildman–Crippen LogP) is 3.16. The number of allylic oxidation sites excluding steroid dienone is 4. The molecule has 0 heteroatoms. The molecule has 12 heavy (non-hydrogen) atoms. The summed E-state index contributed by atoms with van der Waals surface area (Å²) in [7, 11) is 0.